The maximum atomic E-state index is 12.6. The van der Waals surface area contributed by atoms with E-state index in [0.29, 0.717) is 17.4 Å². The van der Waals surface area contributed by atoms with Crippen molar-refractivity contribution in [2.75, 3.05) is 31.6 Å². The number of fused-ring (bicyclic) bond motifs is 1. The molecule has 0 bridgehead atoms. The summed E-state index contributed by atoms with van der Waals surface area (Å²) in [5, 5.41) is 0.267. The van der Waals surface area contributed by atoms with Gasteiger partial charge in [-0.25, -0.2) is 10.8 Å². The van der Waals surface area contributed by atoms with Crippen LogP contribution in [0.4, 0.5) is 5.82 Å². The Hall–Kier alpha value is -1.37. The SMILES string of the molecule is NNc1cc(C(=O)N2CCN3CCCC3C2)cc(Cl)n1. The van der Waals surface area contributed by atoms with Crippen molar-refractivity contribution in [2.24, 2.45) is 5.84 Å². The number of nitrogens with zero attached hydrogens (tertiary/aromatic N) is 3. The molecule has 2 saturated heterocycles. The Bertz CT molecular complexity index is 523. The lowest BCUT2D eigenvalue weighted by atomic mass is 10.1. The molecule has 6 nitrogen and oxygen atoms in total. The van der Waals surface area contributed by atoms with Gasteiger partial charge in [-0.2, -0.15) is 0 Å². The molecule has 0 radical (unpaired) electrons. The molecule has 2 aliphatic heterocycles. The van der Waals surface area contributed by atoms with Crippen molar-refractivity contribution in [3.63, 3.8) is 0 Å². The van der Waals surface area contributed by atoms with Crippen LogP contribution in [-0.2, 0) is 0 Å². The smallest absolute Gasteiger partial charge is 0.254 e. The third-order valence-electron chi connectivity index (χ3n) is 4.06. The van der Waals surface area contributed by atoms with Gasteiger partial charge in [-0.3, -0.25) is 9.69 Å². The van der Waals surface area contributed by atoms with Gasteiger partial charge in [-0.05, 0) is 31.5 Å². The van der Waals surface area contributed by atoms with Crippen LogP contribution >= 0.6 is 11.6 Å². The minimum atomic E-state index is -0.00245. The minimum Gasteiger partial charge on any atom is -0.336 e. The number of carbonyl (C=O) groups is 1. The third kappa shape index (κ3) is 2.59. The van der Waals surface area contributed by atoms with Crippen LogP contribution in [0.2, 0.25) is 5.15 Å². The zero-order chi connectivity index (χ0) is 14.1. The number of nitrogen functional groups attached to an aromatic ring is 1. The van der Waals surface area contributed by atoms with Crippen LogP contribution in [0, 0.1) is 0 Å². The van der Waals surface area contributed by atoms with E-state index >= 15 is 0 Å². The number of hydrazine groups is 1. The number of carbonyl (C=O) groups excluding carboxylic acids is 1. The molecular formula is C13H18ClN5O. The van der Waals surface area contributed by atoms with Crippen LogP contribution in [0.1, 0.15) is 23.2 Å². The Morgan fingerprint density at radius 1 is 1.40 bits per heavy atom. The Balaban J connectivity index is 1.77. The first kappa shape index (κ1) is 13.6. The summed E-state index contributed by atoms with van der Waals surface area (Å²) >= 11 is 5.92. The molecule has 3 N–H and O–H groups in total. The normalized spacial score (nSPS) is 22.7. The average Bonchev–Trinajstić information content (AvgIpc) is 2.93. The summed E-state index contributed by atoms with van der Waals surface area (Å²) in [4.78, 5) is 20.9. The fraction of sp³-hybridized carbons (Fsp3) is 0.538. The molecule has 7 heteroatoms. The highest BCUT2D eigenvalue weighted by molar-refractivity contribution is 6.29. The number of anilines is 1. The number of nitrogens with one attached hydrogen (secondary N) is 1. The van der Waals surface area contributed by atoms with Gasteiger partial charge in [-0.15, -0.1) is 0 Å². The van der Waals surface area contributed by atoms with Gasteiger partial charge in [0.25, 0.3) is 5.91 Å². The van der Waals surface area contributed by atoms with E-state index in [0.717, 1.165) is 26.2 Å². The fourth-order valence-electron chi connectivity index (χ4n) is 3.05. The highest BCUT2D eigenvalue weighted by atomic mass is 35.5. The van der Waals surface area contributed by atoms with E-state index in [1.807, 2.05) is 4.90 Å². The number of rotatable bonds is 2. The lowest BCUT2D eigenvalue weighted by molar-refractivity contribution is 0.0571. The van der Waals surface area contributed by atoms with Crippen molar-refractivity contribution >= 4 is 23.3 Å². The topological polar surface area (TPSA) is 74.5 Å². The van der Waals surface area contributed by atoms with Gasteiger partial charge in [0.1, 0.15) is 11.0 Å². The molecule has 2 aliphatic rings. The molecule has 1 unspecified atom stereocenters. The summed E-state index contributed by atoms with van der Waals surface area (Å²) in [5.41, 5.74) is 2.96. The number of piperazine rings is 1. The first-order valence-corrected chi connectivity index (χ1v) is 7.22. The molecule has 0 saturated carbocycles. The second kappa shape index (κ2) is 5.55. The van der Waals surface area contributed by atoms with E-state index in [9.17, 15) is 4.79 Å². The number of amides is 1. The highest BCUT2D eigenvalue weighted by Gasteiger charge is 2.32. The van der Waals surface area contributed by atoms with Crippen molar-refractivity contribution in [1.29, 1.82) is 0 Å². The van der Waals surface area contributed by atoms with Crippen molar-refractivity contribution in [2.45, 2.75) is 18.9 Å². The summed E-state index contributed by atoms with van der Waals surface area (Å²) in [7, 11) is 0. The van der Waals surface area contributed by atoms with Gasteiger partial charge in [0.15, 0.2) is 0 Å². The van der Waals surface area contributed by atoms with Crippen molar-refractivity contribution < 1.29 is 4.79 Å². The largest absolute Gasteiger partial charge is 0.336 e. The maximum Gasteiger partial charge on any atom is 0.254 e. The number of pyridine rings is 1. The Labute approximate surface area is 122 Å². The van der Waals surface area contributed by atoms with Gasteiger partial charge >= 0.3 is 0 Å². The summed E-state index contributed by atoms with van der Waals surface area (Å²) in [6, 6.07) is 3.73. The molecular weight excluding hydrogens is 278 g/mol. The lowest BCUT2D eigenvalue weighted by Crippen LogP contribution is -2.52. The molecule has 0 aromatic carbocycles. The maximum absolute atomic E-state index is 12.6. The van der Waals surface area contributed by atoms with Gasteiger partial charge in [0, 0.05) is 31.2 Å². The molecule has 0 spiro atoms. The molecule has 3 rings (SSSR count). The number of hydrogen-bond donors (Lipinski definition) is 2. The van der Waals surface area contributed by atoms with Crippen molar-refractivity contribution in [3.8, 4) is 0 Å². The predicted molar refractivity (Wildman–Crippen MR) is 77.6 cm³/mol. The highest BCUT2D eigenvalue weighted by Crippen LogP contribution is 2.23. The van der Waals surface area contributed by atoms with Gasteiger partial charge in [0.05, 0.1) is 0 Å². The van der Waals surface area contributed by atoms with Crippen molar-refractivity contribution in [3.05, 3.63) is 22.8 Å². The minimum absolute atomic E-state index is 0.00245. The first-order valence-electron chi connectivity index (χ1n) is 6.85. The third-order valence-corrected chi connectivity index (χ3v) is 4.26. The average molecular weight is 296 g/mol. The van der Waals surface area contributed by atoms with Crippen molar-refractivity contribution in [1.82, 2.24) is 14.8 Å². The van der Waals surface area contributed by atoms with Crippen LogP contribution in [0.15, 0.2) is 12.1 Å². The first-order chi connectivity index (χ1) is 9.67. The number of halogens is 1. The zero-order valence-corrected chi connectivity index (χ0v) is 11.9. The lowest BCUT2D eigenvalue weighted by Gasteiger charge is -2.37. The van der Waals surface area contributed by atoms with E-state index in [1.165, 1.54) is 12.8 Å². The fourth-order valence-corrected chi connectivity index (χ4v) is 3.26. The van der Waals surface area contributed by atoms with E-state index < -0.39 is 0 Å². The van der Waals surface area contributed by atoms with Crippen LogP contribution in [0.5, 0.6) is 0 Å². The predicted octanol–water partition coefficient (Wildman–Crippen LogP) is 0.941. The number of nitrogens with two attached hydrogens (primary N) is 1. The molecule has 3 heterocycles. The molecule has 1 aromatic heterocycles. The van der Waals surface area contributed by atoms with Crippen LogP contribution in [-0.4, -0.2) is 52.9 Å². The quantitative estimate of drug-likeness (QED) is 0.482. The summed E-state index contributed by atoms with van der Waals surface area (Å²) in [6.07, 6.45) is 2.41. The molecule has 1 aromatic rings. The monoisotopic (exact) mass is 295 g/mol. The molecule has 1 atom stereocenters. The van der Waals surface area contributed by atoms with Gasteiger partial charge < -0.3 is 10.3 Å². The Morgan fingerprint density at radius 2 is 2.25 bits per heavy atom. The second-order valence-corrected chi connectivity index (χ2v) is 5.68. The van der Waals surface area contributed by atoms with Crippen LogP contribution in [0.3, 0.4) is 0 Å². The zero-order valence-electron chi connectivity index (χ0n) is 11.2. The summed E-state index contributed by atoms with van der Waals surface area (Å²) < 4.78 is 0. The van der Waals surface area contributed by atoms with Crippen LogP contribution in [0.25, 0.3) is 0 Å². The Kier molecular flexibility index (Phi) is 3.78. The van der Waals surface area contributed by atoms with E-state index in [4.69, 9.17) is 17.4 Å². The molecule has 108 valence electrons. The second-order valence-electron chi connectivity index (χ2n) is 5.29. The van der Waals surface area contributed by atoms with E-state index in [-0.39, 0.29) is 11.1 Å². The summed E-state index contributed by atoms with van der Waals surface area (Å²) in [6.45, 7) is 3.68. The van der Waals surface area contributed by atoms with Crippen LogP contribution < -0.4 is 11.3 Å². The number of hydrogen-bond acceptors (Lipinski definition) is 5. The Morgan fingerprint density at radius 3 is 3.05 bits per heavy atom. The molecule has 0 aliphatic carbocycles. The number of aromatic nitrogens is 1. The summed E-state index contributed by atoms with van der Waals surface area (Å²) in [5.74, 6) is 5.73. The molecule has 1 amide bonds. The van der Waals surface area contributed by atoms with E-state index in [2.05, 4.69) is 15.3 Å². The molecule has 2 fully saturated rings. The van der Waals surface area contributed by atoms with E-state index in [1.54, 1.807) is 12.1 Å². The molecule has 20 heavy (non-hydrogen) atoms. The van der Waals surface area contributed by atoms with Gasteiger partial charge in [0.2, 0.25) is 0 Å². The van der Waals surface area contributed by atoms with Gasteiger partial charge in [-0.1, -0.05) is 11.6 Å². The standard InChI is InChI=1S/C13H18ClN5O/c14-11-6-9(7-12(16-11)17-15)13(20)19-5-4-18-3-1-2-10(18)8-19/h6-7,10H,1-5,8,15H2,(H,16,17).